The van der Waals surface area contributed by atoms with E-state index in [1.54, 1.807) is 18.2 Å². The van der Waals surface area contributed by atoms with Crippen LogP contribution in [-0.2, 0) is 10.1 Å². The number of hydrogen-bond donors (Lipinski definition) is 0. The van der Waals surface area contributed by atoms with Crippen molar-refractivity contribution in [3.63, 3.8) is 0 Å². The van der Waals surface area contributed by atoms with E-state index in [4.69, 9.17) is 0 Å². The standard InChI is InChI=1S/C48H48N2O3S/c1-32(2)38-29-41(33(3)4)45(42(30-38)34(5)6)40-26-18-25-39(35-19-10-7-11-20-35)48(40)50-31-49(43-27-16-17-28-44(43)54(51,52)53)46(36-21-12-8-13-22-36)47(50)37-23-14-9-15-24-37/h7-34,46-47H,1-6H3/t46-,47-/m0/s1. The van der Waals surface area contributed by atoms with Crippen LogP contribution in [0.25, 0.3) is 22.3 Å². The van der Waals surface area contributed by atoms with Crippen molar-refractivity contribution in [1.82, 2.24) is 0 Å². The molecule has 0 saturated heterocycles. The molecule has 0 bridgehead atoms. The summed E-state index contributed by atoms with van der Waals surface area (Å²) in [6, 6.07) is 48.3. The fourth-order valence-corrected chi connectivity index (χ4v) is 8.67. The van der Waals surface area contributed by atoms with Crippen LogP contribution in [0.3, 0.4) is 0 Å². The highest BCUT2D eigenvalue weighted by Crippen LogP contribution is 2.52. The van der Waals surface area contributed by atoms with Gasteiger partial charge in [-0.2, -0.15) is 0 Å². The maximum atomic E-state index is 12.9. The zero-order chi connectivity index (χ0) is 38.1. The molecule has 1 heterocycles. The van der Waals surface area contributed by atoms with E-state index < -0.39 is 16.2 Å². The van der Waals surface area contributed by atoms with Crippen LogP contribution in [0.5, 0.6) is 0 Å². The van der Waals surface area contributed by atoms with Gasteiger partial charge in [-0.05, 0) is 57.7 Å². The average molecular weight is 733 g/mol. The predicted octanol–water partition coefficient (Wildman–Crippen LogP) is 12.0. The fourth-order valence-electron chi connectivity index (χ4n) is 8.00. The first kappa shape index (κ1) is 37.0. The van der Waals surface area contributed by atoms with Crippen LogP contribution in [0, 0.1) is 0 Å². The molecule has 0 aliphatic carbocycles. The van der Waals surface area contributed by atoms with Gasteiger partial charge >= 0.3 is 0 Å². The van der Waals surface area contributed by atoms with Crippen molar-refractivity contribution in [2.24, 2.45) is 0 Å². The summed E-state index contributed by atoms with van der Waals surface area (Å²) in [7, 11) is -4.81. The lowest BCUT2D eigenvalue weighted by molar-refractivity contribution is -0.480. The van der Waals surface area contributed by atoms with Gasteiger partial charge in [0.25, 0.3) is 0 Å². The molecule has 0 amide bonds. The number of hydrogen-bond acceptors (Lipinski definition) is 4. The molecule has 0 aromatic heterocycles. The van der Waals surface area contributed by atoms with E-state index >= 15 is 0 Å². The van der Waals surface area contributed by atoms with Crippen molar-refractivity contribution in [3.05, 3.63) is 173 Å². The molecule has 0 N–H and O–H groups in total. The largest absolute Gasteiger partial charge is 0.744 e. The van der Waals surface area contributed by atoms with Gasteiger partial charge in [0.1, 0.15) is 26.4 Å². The van der Waals surface area contributed by atoms with Crippen molar-refractivity contribution >= 4 is 27.8 Å². The maximum absolute atomic E-state index is 12.9. The van der Waals surface area contributed by atoms with E-state index in [2.05, 4.69) is 137 Å². The second-order valence-corrected chi connectivity index (χ2v) is 16.5. The molecule has 7 rings (SSSR count). The van der Waals surface area contributed by atoms with Gasteiger partial charge < -0.3 is 4.55 Å². The van der Waals surface area contributed by atoms with Crippen molar-refractivity contribution in [1.29, 1.82) is 0 Å². The molecule has 6 heteroatoms. The minimum absolute atomic E-state index is 0.249. The van der Waals surface area contributed by atoms with Crippen molar-refractivity contribution in [3.8, 4) is 22.3 Å². The van der Waals surface area contributed by atoms with Gasteiger partial charge in [-0.15, -0.1) is 0 Å². The Labute approximate surface area is 321 Å². The summed E-state index contributed by atoms with van der Waals surface area (Å²) in [5.41, 5.74) is 11.8. The van der Waals surface area contributed by atoms with Crippen LogP contribution < -0.4 is 4.90 Å². The van der Waals surface area contributed by atoms with Gasteiger partial charge in [0.05, 0.1) is 0 Å². The quantitative estimate of drug-likeness (QED) is 0.104. The lowest BCUT2D eigenvalue weighted by Crippen LogP contribution is -2.27. The van der Waals surface area contributed by atoms with Crippen molar-refractivity contribution in [2.75, 3.05) is 4.90 Å². The number of benzene rings is 6. The van der Waals surface area contributed by atoms with Gasteiger partial charge in [-0.1, -0.05) is 175 Å². The first-order valence-electron chi connectivity index (χ1n) is 18.9. The molecule has 2 atom stereocenters. The first-order chi connectivity index (χ1) is 26.0. The van der Waals surface area contributed by atoms with Crippen LogP contribution >= 0.6 is 0 Å². The Hall–Kier alpha value is -5.30. The summed E-state index contributed by atoms with van der Waals surface area (Å²) in [5.74, 6) is 0.871. The van der Waals surface area contributed by atoms with Crippen LogP contribution in [-0.4, -0.2) is 23.9 Å². The third-order valence-electron chi connectivity index (χ3n) is 10.6. The molecule has 274 valence electrons. The topological polar surface area (TPSA) is 63.5 Å². The second kappa shape index (κ2) is 15.2. The third kappa shape index (κ3) is 7.04. The summed E-state index contributed by atoms with van der Waals surface area (Å²) in [6.07, 6.45) is 2.04. The number of para-hydroxylation sites is 2. The SMILES string of the molecule is CC(C)c1cc(C(C)C)c(-c2cccc(-c3ccccc3)c2[N+]2=CN(c3ccccc3S(=O)(=O)[O-])[C@@H](c3ccccc3)[C@@H]2c2ccccc2)c(C(C)C)c1. The highest BCUT2D eigenvalue weighted by molar-refractivity contribution is 7.86. The Morgan fingerprint density at radius 2 is 1.11 bits per heavy atom. The van der Waals surface area contributed by atoms with Crippen LogP contribution in [0.2, 0.25) is 0 Å². The smallest absolute Gasteiger partial charge is 0.245 e. The minimum Gasteiger partial charge on any atom is -0.744 e. The lowest BCUT2D eigenvalue weighted by atomic mass is 9.80. The van der Waals surface area contributed by atoms with E-state index in [1.165, 1.54) is 28.3 Å². The van der Waals surface area contributed by atoms with Crippen LogP contribution in [0.1, 0.15) is 99.2 Å². The van der Waals surface area contributed by atoms with Crippen LogP contribution in [0.15, 0.2) is 150 Å². The zero-order valence-electron chi connectivity index (χ0n) is 31.8. The molecule has 54 heavy (non-hydrogen) atoms. The fraction of sp³-hybridized carbons (Fsp3) is 0.229. The molecule has 6 aromatic rings. The second-order valence-electron chi connectivity index (χ2n) is 15.2. The van der Waals surface area contributed by atoms with E-state index in [0.29, 0.717) is 11.6 Å². The Bertz CT molecular complexity index is 2370. The Morgan fingerprint density at radius 1 is 0.593 bits per heavy atom. The molecule has 0 spiro atoms. The molecule has 0 fully saturated rings. The van der Waals surface area contributed by atoms with Gasteiger partial charge in [-0.25, -0.2) is 17.9 Å². The third-order valence-corrected chi connectivity index (χ3v) is 11.5. The van der Waals surface area contributed by atoms with E-state index in [-0.39, 0.29) is 22.8 Å². The van der Waals surface area contributed by atoms with Gasteiger partial charge in [0.2, 0.25) is 6.34 Å². The lowest BCUT2D eigenvalue weighted by Gasteiger charge is -2.28. The highest BCUT2D eigenvalue weighted by atomic mass is 32.2. The first-order valence-corrected chi connectivity index (χ1v) is 20.3. The highest BCUT2D eigenvalue weighted by Gasteiger charge is 2.48. The Kier molecular flexibility index (Phi) is 10.4. The number of rotatable bonds is 10. The molecule has 1 aliphatic heterocycles. The summed E-state index contributed by atoms with van der Waals surface area (Å²) in [4.78, 5) is 1.75. The van der Waals surface area contributed by atoms with E-state index in [0.717, 1.165) is 33.5 Å². The summed E-state index contributed by atoms with van der Waals surface area (Å²) in [6.45, 7) is 13.6. The van der Waals surface area contributed by atoms with Crippen LogP contribution in [0.4, 0.5) is 11.4 Å². The minimum atomic E-state index is -4.81. The summed E-state index contributed by atoms with van der Waals surface area (Å²) < 4.78 is 41.0. The molecule has 0 saturated carbocycles. The Morgan fingerprint density at radius 3 is 1.67 bits per heavy atom. The monoisotopic (exact) mass is 732 g/mol. The van der Waals surface area contributed by atoms with Gasteiger partial charge in [-0.3, -0.25) is 0 Å². The Balaban J connectivity index is 1.64. The summed E-state index contributed by atoms with van der Waals surface area (Å²) in [5, 5.41) is 0. The molecule has 0 radical (unpaired) electrons. The number of anilines is 1. The number of nitrogens with zero attached hydrogens (tertiary/aromatic N) is 2. The predicted molar refractivity (Wildman–Crippen MR) is 221 cm³/mol. The molecule has 0 unspecified atom stereocenters. The molecule has 6 aromatic carbocycles. The zero-order valence-corrected chi connectivity index (χ0v) is 32.7. The normalized spacial score (nSPS) is 16.0. The van der Waals surface area contributed by atoms with Crippen molar-refractivity contribution in [2.45, 2.75) is 76.3 Å². The van der Waals surface area contributed by atoms with Gasteiger partial charge in [0.15, 0.2) is 12.1 Å². The molecular formula is C48H48N2O3S. The van der Waals surface area contributed by atoms with Gasteiger partial charge in [0, 0.05) is 22.3 Å². The maximum Gasteiger partial charge on any atom is 0.245 e. The molecular weight excluding hydrogens is 685 g/mol. The molecule has 1 aliphatic rings. The molecule has 5 nitrogen and oxygen atoms in total. The average Bonchev–Trinajstić information content (AvgIpc) is 3.58. The van der Waals surface area contributed by atoms with Crippen molar-refractivity contribution < 1.29 is 17.5 Å². The summed E-state index contributed by atoms with van der Waals surface area (Å²) >= 11 is 0. The van der Waals surface area contributed by atoms with E-state index in [1.807, 2.05) is 41.6 Å². The van der Waals surface area contributed by atoms with E-state index in [9.17, 15) is 13.0 Å².